The minimum Gasteiger partial charge on any atom is -0.316 e. The minimum absolute atomic E-state index is 0.0387. The minimum atomic E-state index is -0.0868. The molecule has 0 unspecified atom stereocenters. The molecule has 0 spiro atoms. The zero-order valence-corrected chi connectivity index (χ0v) is 15.6. The summed E-state index contributed by atoms with van der Waals surface area (Å²) < 4.78 is 0. The highest BCUT2D eigenvalue weighted by atomic mass is 16.2. The highest BCUT2D eigenvalue weighted by Gasteiger charge is 2.16. The summed E-state index contributed by atoms with van der Waals surface area (Å²) in [5.74, 6) is 0. The van der Waals surface area contributed by atoms with Crippen LogP contribution < -0.4 is 5.32 Å². The first kappa shape index (κ1) is 18.8. The normalized spacial score (nSPS) is 11.9. The highest BCUT2D eigenvalue weighted by Crippen LogP contribution is 2.23. The lowest BCUT2D eigenvalue weighted by molar-refractivity contribution is 0.196. The van der Waals surface area contributed by atoms with Crippen molar-refractivity contribution in [3.8, 4) is 0 Å². The number of hydrogen-bond donors (Lipinski definition) is 1. The molecule has 0 saturated carbocycles. The van der Waals surface area contributed by atoms with Crippen molar-refractivity contribution in [2.75, 3.05) is 0 Å². The molecular weight excluding hydrogens is 308 g/mol. The third-order valence-corrected chi connectivity index (χ3v) is 4.31. The summed E-state index contributed by atoms with van der Waals surface area (Å²) in [6.07, 6.45) is 1.82. The van der Waals surface area contributed by atoms with Crippen LogP contribution in [0, 0.1) is 5.41 Å². The second-order valence-corrected chi connectivity index (χ2v) is 7.35. The summed E-state index contributed by atoms with van der Waals surface area (Å²) in [5, 5.41) is 2.95. The number of amides is 2. The maximum absolute atomic E-state index is 12.8. The van der Waals surface area contributed by atoms with Crippen LogP contribution in [0.1, 0.15) is 38.8 Å². The quantitative estimate of drug-likeness (QED) is 0.784. The summed E-state index contributed by atoms with van der Waals surface area (Å²) in [5.41, 5.74) is 3.41. The highest BCUT2D eigenvalue weighted by molar-refractivity contribution is 5.75. The van der Waals surface area contributed by atoms with Crippen molar-refractivity contribution in [2.24, 2.45) is 5.41 Å². The second kappa shape index (κ2) is 8.52. The molecule has 1 N–H and O–H groups in total. The Morgan fingerprint density at radius 1 is 0.920 bits per heavy atom. The first-order chi connectivity index (χ1) is 11.9. The van der Waals surface area contributed by atoms with E-state index in [1.54, 1.807) is 0 Å². The van der Waals surface area contributed by atoms with Crippen molar-refractivity contribution >= 4 is 6.03 Å². The number of benzene rings is 2. The molecule has 0 aliphatic carbocycles. The summed E-state index contributed by atoms with van der Waals surface area (Å²) in [7, 11) is 0. The lowest BCUT2D eigenvalue weighted by Gasteiger charge is -2.24. The third kappa shape index (κ3) is 6.11. The van der Waals surface area contributed by atoms with E-state index in [-0.39, 0.29) is 11.4 Å². The van der Waals surface area contributed by atoms with Crippen LogP contribution in [0.4, 0.5) is 4.79 Å². The zero-order valence-electron chi connectivity index (χ0n) is 15.6. The Labute approximate surface area is 151 Å². The number of nitrogens with zero attached hydrogens (tertiary/aromatic N) is 1. The van der Waals surface area contributed by atoms with Gasteiger partial charge in [-0.3, -0.25) is 0 Å². The van der Waals surface area contributed by atoms with E-state index in [4.69, 9.17) is 0 Å². The van der Waals surface area contributed by atoms with E-state index in [2.05, 4.69) is 26.1 Å². The molecule has 0 saturated heterocycles. The second-order valence-electron chi connectivity index (χ2n) is 7.35. The number of nitrogens with one attached hydrogen (secondary N) is 1. The fraction of sp³-hybridized carbons (Fsp3) is 0.318. The summed E-state index contributed by atoms with van der Waals surface area (Å²) in [6, 6.07) is 20.0. The lowest BCUT2D eigenvalue weighted by Crippen LogP contribution is -2.37. The molecular formula is C22H28N2O. The van der Waals surface area contributed by atoms with Crippen LogP contribution in [0.3, 0.4) is 0 Å². The molecule has 3 heteroatoms. The third-order valence-electron chi connectivity index (χ3n) is 4.31. The van der Waals surface area contributed by atoms with Crippen LogP contribution in [0.5, 0.6) is 0 Å². The molecule has 0 radical (unpaired) electrons. The van der Waals surface area contributed by atoms with Crippen LogP contribution >= 0.6 is 0 Å². The van der Waals surface area contributed by atoms with Crippen molar-refractivity contribution < 1.29 is 4.79 Å². The van der Waals surface area contributed by atoms with Gasteiger partial charge in [0.1, 0.15) is 0 Å². The summed E-state index contributed by atoms with van der Waals surface area (Å²) in [4.78, 5) is 14.6. The first-order valence-electron chi connectivity index (χ1n) is 8.67. The van der Waals surface area contributed by atoms with E-state index < -0.39 is 0 Å². The molecule has 3 nitrogen and oxygen atoms in total. The molecule has 0 aliphatic heterocycles. The van der Waals surface area contributed by atoms with Crippen LogP contribution in [-0.4, -0.2) is 10.9 Å². The van der Waals surface area contributed by atoms with Crippen molar-refractivity contribution in [3.63, 3.8) is 0 Å². The maximum Gasteiger partial charge on any atom is 0.321 e. The zero-order chi connectivity index (χ0) is 18.3. The van der Waals surface area contributed by atoms with E-state index in [0.29, 0.717) is 13.1 Å². The number of allylic oxidation sites excluding steroid dienone is 1. The predicted molar refractivity (Wildman–Crippen MR) is 104 cm³/mol. The molecule has 0 heterocycles. The Balaban J connectivity index is 2.14. The summed E-state index contributed by atoms with van der Waals surface area (Å²) in [6.45, 7) is 9.59. The van der Waals surface area contributed by atoms with Gasteiger partial charge >= 0.3 is 6.03 Å². The molecule has 2 aromatic carbocycles. The number of carbonyl (C=O) groups is 1. The Hall–Kier alpha value is -2.55. The topological polar surface area (TPSA) is 32.3 Å². The lowest BCUT2D eigenvalue weighted by atomic mass is 9.88. The van der Waals surface area contributed by atoms with E-state index >= 15 is 0 Å². The Morgan fingerprint density at radius 2 is 1.36 bits per heavy atom. The van der Waals surface area contributed by atoms with Gasteiger partial charge < -0.3 is 10.2 Å². The van der Waals surface area contributed by atoms with Gasteiger partial charge in [0.05, 0.1) is 0 Å². The average Bonchev–Trinajstić information content (AvgIpc) is 2.59. The molecule has 0 aromatic heterocycles. The van der Waals surface area contributed by atoms with Crippen LogP contribution in [0.25, 0.3) is 0 Å². The van der Waals surface area contributed by atoms with Crippen LogP contribution in [0.2, 0.25) is 0 Å². The number of carbonyl (C=O) groups excluding carboxylic acids is 1. The molecule has 2 amide bonds. The van der Waals surface area contributed by atoms with Crippen molar-refractivity contribution in [1.29, 1.82) is 0 Å². The van der Waals surface area contributed by atoms with Crippen LogP contribution in [0.15, 0.2) is 72.4 Å². The fourth-order valence-electron chi connectivity index (χ4n) is 2.28. The van der Waals surface area contributed by atoms with Crippen molar-refractivity contribution in [3.05, 3.63) is 83.6 Å². The van der Waals surface area contributed by atoms with E-state index in [1.807, 2.05) is 78.7 Å². The molecule has 0 atom stereocenters. The number of hydrogen-bond acceptors (Lipinski definition) is 1. The molecule has 2 rings (SSSR count). The van der Waals surface area contributed by atoms with Crippen molar-refractivity contribution in [2.45, 2.75) is 40.8 Å². The Bertz CT molecular complexity index is 658. The van der Waals surface area contributed by atoms with Gasteiger partial charge in [-0.25, -0.2) is 4.79 Å². The van der Waals surface area contributed by atoms with Gasteiger partial charge in [-0.2, -0.15) is 0 Å². The number of rotatable bonds is 5. The van der Waals surface area contributed by atoms with Crippen LogP contribution in [-0.2, 0) is 13.1 Å². The fourth-order valence-corrected chi connectivity index (χ4v) is 2.28. The smallest absolute Gasteiger partial charge is 0.316 e. The molecule has 0 aliphatic rings. The molecule has 0 bridgehead atoms. The molecule has 2 aromatic rings. The van der Waals surface area contributed by atoms with E-state index in [9.17, 15) is 4.79 Å². The molecule has 132 valence electrons. The maximum atomic E-state index is 12.8. The SMILES string of the molecule is C/C(=C\NC(=O)N(Cc1ccccc1)Cc1ccccc1)C(C)(C)C. The summed E-state index contributed by atoms with van der Waals surface area (Å²) >= 11 is 0. The standard InChI is InChI=1S/C22H28N2O/c1-18(22(2,3)4)15-23-21(25)24(16-19-11-7-5-8-12-19)17-20-13-9-6-10-14-20/h5-15H,16-17H2,1-4H3,(H,23,25)/b18-15+. The van der Waals surface area contributed by atoms with Gasteiger partial charge in [0.25, 0.3) is 0 Å². The Morgan fingerprint density at radius 3 is 1.76 bits per heavy atom. The van der Waals surface area contributed by atoms with E-state index in [1.165, 1.54) is 0 Å². The van der Waals surface area contributed by atoms with E-state index in [0.717, 1.165) is 16.7 Å². The first-order valence-corrected chi connectivity index (χ1v) is 8.67. The van der Waals surface area contributed by atoms with Gasteiger partial charge in [-0.15, -0.1) is 0 Å². The molecule has 0 fully saturated rings. The van der Waals surface area contributed by atoms with Gasteiger partial charge in [0, 0.05) is 19.3 Å². The Kier molecular flexibility index (Phi) is 6.40. The average molecular weight is 336 g/mol. The van der Waals surface area contributed by atoms with Crippen molar-refractivity contribution in [1.82, 2.24) is 10.2 Å². The van der Waals surface area contributed by atoms with Gasteiger partial charge in [-0.1, -0.05) is 87.0 Å². The van der Waals surface area contributed by atoms with Gasteiger partial charge in [0.2, 0.25) is 0 Å². The predicted octanol–water partition coefficient (Wildman–Crippen LogP) is 5.35. The molecule has 25 heavy (non-hydrogen) atoms. The monoisotopic (exact) mass is 336 g/mol. The van der Waals surface area contributed by atoms with Gasteiger partial charge in [0.15, 0.2) is 0 Å². The van der Waals surface area contributed by atoms with Gasteiger partial charge in [-0.05, 0) is 23.5 Å². The number of urea groups is 1. The largest absolute Gasteiger partial charge is 0.321 e.